The Morgan fingerprint density at radius 1 is 0.512 bits per heavy atom. The average molecular weight is 1170 g/mol. The quantitative estimate of drug-likeness (QED) is 0.0266. The fourth-order valence-electron chi connectivity index (χ4n) is 7.97. The van der Waals surface area contributed by atoms with Crippen LogP contribution in [0.3, 0.4) is 0 Å². The molecule has 0 bridgehead atoms. The van der Waals surface area contributed by atoms with Crippen molar-refractivity contribution in [2.45, 2.75) is 120 Å². The van der Waals surface area contributed by atoms with Gasteiger partial charge in [0.25, 0.3) is 0 Å². The Balaban J connectivity index is 1.89. The van der Waals surface area contributed by atoms with Crippen LogP contribution in [-0.4, -0.2) is 183 Å². The van der Waals surface area contributed by atoms with Crippen LogP contribution in [0.2, 0.25) is 0 Å². The maximum Gasteiger partial charge on any atom is 0.326 e. The zero-order valence-electron chi connectivity index (χ0n) is 45.8. The number of amides is 10. The van der Waals surface area contributed by atoms with Crippen LogP contribution in [-0.2, 0) is 72.0 Å². The number of carboxylic acids is 1. The smallest absolute Gasteiger partial charge is 0.326 e. The zero-order chi connectivity index (χ0) is 61.1. The van der Waals surface area contributed by atoms with Gasteiger partial charge in [0.2, 0.25) is 59.1 Å². The van der Waals surface area contributed by atoms with E-state index >= 15 is 0 Å². The summed E-state index contributed by atoms with van der Waals surface area (Å²) in [5.74, 6) is -12.1. The molecule has 3 aromatic carbocycles. The fourth-order valence-corrected chi connectivity index (χ4v) is 8.44. The number of aliphatic carboxylic acids is 1. The van der Waals surface area contributed by atoms with Crippen LogP contribution in [0.25, 0.3) is 0 Å². The molecule has 0 unspecified atom stereocenters. The van der Waals surface area contributed by atoms with Crippen LogP contribution in [0, 0.1) is 5.92 Å². The first-order valence-corrected chi connectivity index (χ1v) is 27.5. The molecule has 0 spiro atoms. The lowest BCUT2D eigenvalue weighted by Gasteiger charge is -2.29. The van der Waals surface area contributed by atoms with Gasteiger partial charge in [-0.1, -0.05) is 93.1 Å². The third-order valence-electron chi connectivity index (χ3n) is 12.8. The lowest BCUT2D eigenvalue weighted by molar-refractivity contribution is -0.143. The number of aromatic hydroxyl groups is 1. The summed E-state index contributed by atoms with van der Waals surface area (Å²) in [4.78, 5) is 147. The van der Waals surface area contributed by atoms with E-state index < -0.39 is 158 Å². The monoisotopic (exact) mass is 1170 g/mol. The van der Waals surface area contributed by atoms with Crippen LogP contribution < -0.4 is 59.3 Å². The van der Waals surface area contributed by atoms with E-state index in [0.717, 1.165) is 0 Å². The Morgan fingerprint density at radius 3 is 1.32 bits per heavy atom. The molecular formula is C54H75N11O16S. The van der Waals surface area contributed by atoms with Crippen molar-refractivity contribution in [2.75, 3.05) is 31.8 Å². The fraction of sp³-hybridized carbons (Fsp3) is 0.463. The van der Waals surface area contributed by atoms with E-state index in [2.05, 4.69) is 47.9 Å². The molecule has 10 amide bonds. The SMILES string of the molecule is CC[C@H](C)[C@H](NC(=O)[C@H](CO)NC(=O)[C@H](Cc1ccccc1)NC(=O)[C@@H](NC(=O)[C@H](Cc1ccccc1)NC(=O)CN)[C@@H](C)O)C(=O)N[C@@H](Cc1ccc(O)cc1)C(=O)N[C@@H](CO)C(=O)N[C@@H](CCSC)C(=O)N[C@@H](CC(N)=O)C(=O)O. The predicted octanol–water partition coefficient (Wildman–Crippen LogP) is -4.13. The zero-order valence-corrected chi connectivity index (χ0v) is 46.6. The van der Waals surface area contributed by atoms with Crippen molar-refractivity contribution in [2.24, 2.45) is 17.4 Å². The van der Waals surface area contributed by atoms with E-state index in [0.29, 0.717) is 16.7 Å². The van der Waals surface area contributed by atoms with Crippen molar-refractivity contribution in [1.29, 1.82) is 0 Å². The Kier molecular flexibility index (Phi) is 28.9. The van der Waals surface area contributed by atoms with Gasteiger partial charge in [-0.3, -0.25) is 47.9 Å². The van der Waals surface area contributed by atoms with Gasteiger partial charge in [-0.15, -0.1) is 0 Å². The van der Waals surface area contributed by atoms with Crippen LogP contribution in [0.5, 0.6) is 5.75 Å². The molecule has 11 atom stereocenters. The van der Waals surface area contributed by atoms with Gasteiger partial charge < -0.3 is 84.9 Å². The van der Waals surface area contributed by atoms with E-state index in [1.165, 1.54) is 43.0 Å². The number of rotatable bonds is 35. The van der Waals surface area contributed by atoms with E-state index in [1.807, 2.05) is 0 Å². The molecule has 0 aliphatic heterocycles. The highest BCUT2D eigenvalue weighted by atomic mass is 32.2. The molecule has 82 heavy (non-hydrogen) atoms. The second-order valence-electron chi connectivity index (χ2n) is 19.2. The van der Waals surface area contributed by atoms with E-state index in [-0.39, 0.29) is 43.6 Å². The number of carbonyl (C=O) groups is 11. The minimum absolute atomic E-state index is 0.0235. The number of hydrogen-bond donors (Lipinski definition) is 16. The highest BCUT2D eigenvalue weighted by Gasteiger charge is 2.37. The average Bonchev–Trinajstić information content (AvgIpc) is 3.46. The van der Waals surface area contributed by atoms with Crippen molar-refractivity contribution in [1.82, 2.24) is 47.9 Å². The van der Waals surface area contributed by atoms with Crippen LogP contribution in [0.4, 0.5) is 0 Å². The van der Waals surface area contributed by atoms with Gasteiger partial charge in [0, 0.05) is 19.3 Å². The van der Waals surface area contributed by atoms with Crippen LogP contribution in [0.15, 0.2) is 84.9 Å². The van der Waals surface area contributed by atoms with E-state index in [4.69, 9.17) is 11.5 Å². The number of phenolic OH excluding ortho intramolecular Hbond substituents is 1. The molecule has 27 nitrogen and oxygen atoms in total. The molecule has 0 heterocycles. The van der Waals surface area contributed by atoms with Crippen molar-refractivity contribution in [3.05, 3.63) is 102 Å². The first kappa shape index (κ1) is 68.1. The first-order chi connectivity index (χ1) is 38.9. The molecule has 28 heteroatoms. The largest absolute Gasteiger partial charge is 0.508 e. The van der Waals surface area contributed by atoms with Crippen molar-refractivity contribution in [3.8, 4) is 5.75 Å². The van der Waals surface area contributed by atoms with E-state index in [9.17, 15) is 78.3 Å². The predicted molar refractivity (Wildman–Crippen MR) is 298 cm³/mol. The summed E-state index contributed by atoms with van der Waals surface area (Å²) >= 11 is 1.27. The summed E-state index contributed by atoms with van der Waals surface area (Å²) in [7, 11) is 0. The van der Waals surface area contributed by atoms with Gasteiger partial charge >= 0.3 is 5.97 Å². The van der Waals surface area contributed by atoms with Crippen molar-refractivity contribution < 1.29 is 78.3 Å². The molecule has 0 fully saturated rings. The number of primary amides is 1. The molecule has 0 radical (unpaired) electrons. The maximum atomic E-state index is 14.3. The van der Waals surface area contributed by atoms with Crippen molar-refractivity contribution >= 4 is 76.8 Å². The Morgan fingerprint density at radius 2 is 0.890 bits per heavy atom. The standard InChI is InChI=1S/C54H75N11O16S/c1-5-29(2)44(52(78)59-38(24-33-16-18-34(69)19-17-33)48(74)62-40(27-66)50(76)58-35(20-21-82-4)46(72)61-39(54(80)81)25-42(56)70)64-51(77)41(28-67)63-47(73)37(23-32-14-10-7-11-15-32)60-53(79)45(30(3)68)65-49(75)36(57-43(71)26-55)22-31-12-8-6-9-13-31/h6-19,29-30,35-41,44-45,66-69H,5,20-28,55H2,1-4H3,(H2,56,70)(H,57,71)(H,58,76)(H,59,78)(H,60,79)(H,61,72)(H,62,74)(H,63,73)(H,64,77)(H,65,75)(H,80,81)/t29-,30+,35-,36-,37-,38-,39-,40-,41-,44-,45-/m0/s1. The van der Waals surface area contributed by atoms with Crippen molar-refractivity contribution in [3.63, 3.8) is 0 Å². The van der Waals surface area contributed by atoms with Crippen LogP contribution >= 0.6 is 11.8 Å². The molecule has 0 aliphatic carbocycles. The van der Waals surface area contributed by atoms with Gasteiger partial charge in [-0.2, -0.15) is 11.8 Å². The van der Waals surface area contributed by atoms with Gasteiger partial charge in [0.1, 0.15) is 60.1 Å². The summed E-state index contributed by atoms with van der Waals surface area (Å²) in [6.45, 7) is 1.91. The summed E-state index contributed by atoms with van der Waals surface area (Å²) in [6, 6.07) is 8.01. The minimum atomic E-state index is -1.79. The summed E-state index contributed by atoms with van der Waals surface area (Å²) in [6.07, 6.45) is -1.03. The number of carbonyl (C=O) groups excluding carboxylic acids is 10. The third-order valence-corrected chi connectivity index (χ3v) is 13.4. The summed E-state index contributed by atoms with van der Waals surface area (Å²) in [5, 5.41) is 72.9. The molecule has 0 aromatic heterocycles. The van der Waals surface area contributed by atoms with Gasteiger partial charge in [-0.05, 0) is 60.1 Å². The van der Waals surface area contributed by atoms with Gasteiger partial charge in [0.05, 0.1) is 32.3 Å². The number of benzene rings is 3. The summed E-state index contributed by atoms with van der Waals surface area (Å²) < 4.78 is 0. The lowest BCUT2D eigenvalue weighted by Crippen LogP contribution is -2.63. The van der Waals surface area contributed by atoms with Crippen LogP contribution in [0.1, 0.15) is 56.7 Å². The second kappa shape index (κ2) is 34.8. The Labute approximate surface area is 477 Å². The van der Waals surface area contributed by atoms with Gasteiger partial charge in [0.15, 0.2) is 0 Å². The highest BCUT2D eigenvalue weighted by molar-refractivity contribution is 7.98. The number of carboxylic acid groups (broad SMARTS) is 1. The summed E-state index contributed by atoms with van der Waals surface area (Å²) in [5.41, 5.74) is 12.2. The third kappa shape index (κ3) is 22.8. The maximum absolute atomic E-state index is 14.3. The molecule has 3 aromatic rings. The molecule has 448 valence electrons. The normalized spacial score (nSPS) is 15.0. The highest BCUT2D eigenvalue weighted by Crippen LogP contribution is 2.15. The number of aliphatic hydroxyl groups excluding tert-OH is 3. The molecular weight excluding hydrogens is 1090 g/mol. The number of nitrogens with one attached hydrogen (secondary N) is 9. The second-order valence-corrected chi connectivity index (χ2v) is 20.2. The molecule has 0 saturated carbocycles. The topological polar surface area (TPSA) is 449 Å². The number of aliphatic hydroxyl groups is 3. The lowest BCUT2D eigenvalue weighted by atomic mass is 9.96. The molecule has 0 saturated heterocycles. The number of nitrogens with two attached hydrogens (primary N) is 2. The first-order valence-electron chi connectivity index (χ1n) is 26.1. The van der Waals surface area contributed by atoms with E-state index in [1.54, 1.807) is 80.8 Å². The minimum Gasteiger partial charge on any atom is -0.508 e. The number of hydrogen-bond acceptors (Lipinski definition) is 17. The Bertz CT molecular complexity index is 2640. The molecule has 0 aliphatic rings. The number of phenols is 1. The molecule has 3 rings (SSSR count). The van der Waals surface area contributed by atoms with Gasteiger partial charge in [-0.25, -0.2) is 4.79 Å². The Hall–Kier alpha value is -8.18. The number of thioether (sulfide) groups is 1. The molecule has 18 N–H and O–H groups in total.